The number of fused-ring (bicyclic) bond motifs is 1. The van der Waals surface area contributed by atoms with Crippen molar-refractivity contribution in [2.24, 2.45) is 5.92 Å². The molecule has 4 heterocycles. The van der Waals surface area contributed by atoms with Crippen LogP contribution in [0, 0.1) is 5.92 Å². The second-order valence-corrected chi connectivity index (χ2v) is 5.90. The molecule has 112 valence electrons. The molecule has 5 heteroatoms. The molecule has 1 fully saturated rings. The fourth-order valence-electron chi connectivity index (χ4n) is 3.16. The summed E-state index contributed by atoms with van der Waals surface area (Å²) in [5, 5.41) is 7.84. The van der Waals surface area contributed by atoms with Crippen LogP contribution in [0.1, 0.15) is 18.5 Å². The smallest absolute Gasteiger partial charge is 0.0926 e. The standard InChI is InChI=1S/C17H19N5/c1-2-7-22-17(5-1)15(11-20-22)16-12-19-10-14(21-16)8-13-4-3-6-18-9-13/h1-2,5,7,10-13,18H,3-4,6,8-9H2/t13-/m0/s1. The highest BCUT2D eigenvalue weighted by atomic mass is 15.2. The van der Waals surface area contributed by atoms with Crippen LogP contribution in [0.4, 0.5) is 0 Å². The van der Waals surface area contributed by atoms with Gasteiger partial charge in [0.25, 0.3) is 0 Å². The Balaban J connectivity index is 1.63. The molecule has 1 atom stereocenters. The summed E-state index contributed by atoms with van der Waals surface area (Å²) in [6.45, 7) is 2.23. The molecule has 1 saturated heterocycles. The lowest BCUT2D eigenvalue weighted by Crippen LogP contribution is -2.31. The van der Waals surface area contributed by atoms with Crippen LogP contribution in [0.3, 0.4) is 0 Å². The zero-order valence-corrected chi connectivity index (χ0v) is 12.4. The fourth-order valence-corrected chi connectivity index (χ4v) is 3.16. The maximum Gasteiger partial charge on any atom is 0.0926 e. The number of aromatic nitrogens is 4. The Labute approximate surface area is 129 Å². The predicted octanol–water partition coefficient (Wildman–Crippen LogP) is 2.33. The number of nitrogens with zero attached hydrogens (tertiary/aromatic N) is 4. The van der Waals surface area contributed by atoms with Crippen molar-refractivity contribution in [1.29, 1.82) is 0 Å². The van der Waals surface area contributed by atoms with Gasteiger partial charge in [-0.2, -0.15) is 5.10 Å². The molecule has 5 nitrogen and oxygen atoms in total. The molecular formula is C17H19N5. The minimum atomic E-state index is 0.669. The van der Waals surface area contributed by atoms with Gasteiger partial charge in [0.1, 0.15) is 0 Å². The van der Waals surface area contributed by atoms with Gasteiger partial charge in [0.05, 0.1) is 29.3 Å². The van der Waals surface area contributed by atoms with Crippen molar-refractivity contribution in [2.45, 2.75) is 19.3 Å². The summed E-state index contributed by atoms with van der Waals surface area (Å²) in [6.07, 6.45) is 11.1. The Bertz CT molecular complexity index is 773. The Kier molecular flexibility index (Phi) is 3.56. The zero-order valence-electron chi connectivity index (χ0n) is 12.4. The van der Waals surface area contributed by atoms with Gasteiger partial charge in [0, 0.05) is 18.0 Å². The van der Waals surface area contributed by atoms with Gasteiger partial charge >= 0.3 is 0 Å². The number of nitrogens with one attached hydrogen (secondary N) is 1. The molecule has 3 aromatic rings. The normalized spacial score (nSPS) is 18.6. The van der Waals surface area contributed by atoms with E-state index < -0.39 is 0 Å². The van der Waals surface area contributed by atoms with Gasteiger partial charge in [0.2, 0.25) is 0 Å². The van der Waals surface area contributed by atoms with Crippen LogP contribution in [-0.4, -0.2) is 32.7 Å². The molecule has 0 saturated carbocycles. The van der Waals surface area contributed by atoms with E-state index in [1.165, 1.54) is 12.8 Å². The Morgan fingerprint density at radius 1 is 1.23 bits per heavy atom. The molecule has 4 rings (SSSR count). The van der Waals surface area contributed by atoms with Crippen LogP contribution in [0.15, 0.2) is 43.0 Å². The number of rotatable bonds is 3. The fraction of sp³-hybridized carbons (Fsp3) is 0.353. The lowest BCUT2D eigenvalue weighted by atomic mass is 9.95. The third kappa shape index (κ3) is 2.60. The first-order chi connectivity index (χ1) is 10.9. The van der Waals surface area contributed by atoms with Crippen molar-refractivity contribution >= 4 is 5.52 Å². The van der Waals surface area contributed by atoms with E-state index in [1.807, 2.05) is 41.4 Å². The molecule has 0 aliphatic carbocycles. The molecule has 0 aromatic carbocycles. The van der Waals surface area contributed by atoms with Gasteiger partial charge in [-0.3, -0.25) is 4.98 Å². The van der Waals surface area contributed by atoms with Crippen LogP contribution in [0.5, 0.6) is 0 Å². The van der Waals surface area contributed by atoms with Crippen molar-refractivity contribution in [3.05, 3.63) is 48.7 Å². The Morgan fingerprint density at radius 3 is 3.14 bits per heavy atom. The van der Waals surface area contributed by atoms with Crippen molar-refractivity contribution in [1.82, 2.24) is 24.9 Å². The van der Waals surface area contributed by atoms with Crippen LogP contribution >= 0.6 is 0 Å². The molecule has 0 spiro atoms. The second kappa shape index (κ2) is 5.85. The van der Waals surface area contributed by atoms with Gasteiger partial charge < -0.3 is 5.32 Å². The van der Waals surface area contributed by atoms with Crippen molar-refractivity contribution in [3.8, 4) is 11.3 Å². The van der Waals surface area contributed by atoms with E-state index in [4.69, 9.17) is 4.98 Å². The maximum atomic E-state index is 4.82. The molecule has 0 unspecified atom stereocenters. The van der Waals surface area contributed by atoms with Crippen LogP contribution in [0.25, 0.3) is 16.8 Å². The Hall–Kier alpha value is -2.27. The molecular weight excluding hydrogens is 274 g/mol. The van der Waals surface area contributed by atoms with E-state index in [1.54, 1.807) is 0 Å². The number of hydrogen-bond donors (Lipinski definition) is 1. The van der Waals surface area contributed by atoms with Crippen LogP contribution in [0.2, 0.25) is 0 Å². The minimum Gasteiger partial charge on any atom is -0.316 e. The largest absolute Gasteiger partial charge is 0.316 e. The minimum absolute atomic E-state index is 0.669. The van der Waals surface area contributed by atoms with Crippen molar-refractivity contribution in [3.63, 3.8) is 0 Å². The quantitative estimate of drug-likeness (QED) is 0.805. The second-order valence-electron chi connectivity index (χ2n) is 5.90. The monoisotopic (exact) mass is 293 g/mol. The van der Waals surface area contributed by atoms with Crippen molar-refractivity contribution < 1.29 is 0 Å². The first-order valence-corrected chi connectivity index (χ1v) is 7.84. The summed E-state index contributed by atoms with van der Waals surface area (Å²) in [5.74, 6) is 0.669. The van der Waals surface area contributed by atoms with Crippen LogP contribution in [-0.2, 0) is 6.42 Å². The third-order valence-electron chi connectivity index (χ3n) is 4.28. The average Bonchev–Trinajstić information content (AvgIpc) is 3.00. The highest BCUT2D eigenvalue weighted by molar-refractivity contribution is 5.77. The van der Waals surface area contributed by atoms with Crippen LogP contribution < -0.4 is 5.32 Å². The first-order valence-electron chi connectivity index (χ1n) is 7.84. The van der Waals surface area contributed by atoms with E-state index in [9.17, 15) is 0 Å². The van der Waals surface area contributed by atoms with E-state index >= 15 is 0 Å². The van der Waals surface area contributed by atoms with Gasteiger partial charge in [-0.15, -0.1) is 0 Å². The number of hydrogen-bond acceptors (Lipinski definition) is 4. The molecule has 0 radical (unpaired) electrons. The highest BCUT2D eigenvalue weighted by Gasteiger charge is 2.15. The van der Waals surface area contributed by atoms with Gasteiger partial charge in [-0.25, -0.2) is 9.50 Å². The summed E-state index contributed by atoms with van der Waals surface area (Å²) >= 11 is 0. The van der Waals surface area contributed by atoms with E-state index in [0.717, 1.165) is 42.0 Å². The molecule has 1 N–H and O–H groups in total. The topological polar surface area (TPSA) is 55.1 Å². The van der Waals surface area contributed by atoms with E-state index in [0.29, 0.717) is 5.92 Å². The zero-order chi connectivity index (χ0) is 14.8. The van der Waals surface area contributed by atoms with E-state index in [-0.39, 0.29) is 0 Å². The summed E-state index contributed by atoms with van der Waals surface area (Å²) in [5.41, 5.74) is 4.08. The highest BCUT2D eigenvalue weighted by Crippen LogP contribution is 2.23. The lowest BCUT2D eigenvalue weighted by molar-refractivity contribution is 0.373. The first kappa shape index (κ1) is 13.4. The van der Waals surface area contributed by atoms with Gasteiger partial charge in [-0.1, -0.05) is 6.07 Å². The summed E-state index contributed by atoms with van der Waals surface area (Å²) in [4.78, 5) is 9.21. The van der Waals surface area contributed by atoms with Gasteiger partial charge in [0.15, 0.2) is 0 Å². The molecule has 1 aliphatic heterocycles. The molecule has 22 heavy (non-hydrogen) atoms. The lowest BCUT2D eigenvalue weighted by Gasteiger charge is -2.22. The summed E-state index contributed by atoms with van der Waals surface area (Å²) in [7, 11) is 0. The average molecular weight is 293 g/mol. The summed E-state index contributed by atoms with van der Waals surface area (Å²) in [6, 6.07) is 6.05. The maximum absolute atomic E-state index is 4.82. The number of piperidine rings is 1. The molecule has 0 bridgehead atoms. The molecule has 1 aliphatic rings. The van der Waals surface area contributed by atoms with Gasteiger partial charge in [-0.05, 0) is 50.4 Å². The molecule has 0 amide bonds. The Morgan fingerprint density at radius 2 is 2.23 bits per heavy atom. The molecule has 3 aromatic heterocycles. The SMILES string of the molecule is c1ccn2ncc(-c3cncc(C[C@@H]4CCCNC4)n3)c2c1. The van der Waals surface area contributed by atoms with Crippen molar-refractivity contribution in [2.75, 3.05) is 13.1 Å². The number of pyridine rings is 1. The predicted molar refractivity (Wildman–Crippen MR) is 85.5 cm³/mol. The third-order valence-corrected chi connectivity index (χ3v) is 4.28. The summed E-state index contributed by atoms with van der Waals surface area (Å²) < 4.78 is 1.87. The van der Waals surface area contributed by atoms with E-state index in [2.05, 4.69) is 21.5 Å².